The van der Waals surface area contributed by atoms with Crippen molar-refractivity contribution in [3.8, 4) is 43.1 Å². The number of benzene rings is 8. The summed E-state index contributed by atoms with van der Waals surface area (Å²) in [6.45, 7) is 0. The van der Waals surface area contributed by atoms with Gasteiger partial charge in [0.15, 0.2) is 0 Å². The third-order valence-electron chi connectivity index (χ3n) is 10.8. The molecule has 0 saturated carbocycles. The maximum Gasteiger partial charge on any atom is 0.0542 e. The molecule has 0 radical (unpaired) electrons. The quantitative estimate of drug-likeness (QED) is 0.168. The third-order valence-corrected chi connectivity index (χ3v) is 15.7. The van der Waals surface area contributed by atoms with Gasteiger partial charge in [0.2, 0.25) is 0 Å². The second-order valence-electron chi connectivity index (χ2n) is 14.1. The summed E-state index contributed by atoms with van der Waals surface area (Å²) >= 11 is 7.59. The molecular weight excluding hydrogens is 729 g/mol. The van der Waals surface area contributed by atoms with E-state index < -0.39 is 0 Å². The molecule has 0 amide bonds. The van der Waals surface area contributed by atoms with E-state index in [2.05, 4.69) is 170 Å². The predicted octanol–water partition coefficient (Wildman–Crippen LogP) is 16.7. The molecule has 0 aliphatic rings. The Morgan fingerprint density at radius 1 is 0.241 bits per heavy atom. The van der Waals surface area contributed by atoms with Crippen LogP contribution in [0.15, 0.2) is 170 Å². The Morgan fingerprint density at radius 2 is 0.611 bits per heavy atom. The first-order chi connectivity index (χ1) is 26.7. The monoisotopic (exact) mass is 756 g/mol. The normalized spacial score (nSPS) is 12.1. The van der Waals surface area contributed by atoms with Gasteiger partial charge < -0.3 is 0 Å². The molecule has 0 atom stereocenters. The van der Waals surface area contributed by atoms with E-state index in [1.54, 1.807) is 0 Å². The zero-order valence-corrected chi connectivity index (χ0v) is 32.1. The summed E-state index contributed by atoms with van der Waals surface area (Å²) < 4.78 is 8.17. The van der Waals surface area contributed by atoms with Gasteiger partial charge in [-0.3, -0.25) is 0 Å². The van der Waals surface area contributed by atoms with Crippen molar-refractivity contribution in [2.75, 3.05) is 0 Å². The van der Waals surface area contributed by atoms with E-state index in [4.69, 9.17) is 0 Å². The van der Waals surface area contributed by atoms with E-state index in [0.29, 0.717) is 0 Å². The van der Waals surface area contributed by atoms with E-state index in [0.717, 1.165) is 0 Å². The molecule has 0 fully saturated rings. The zero-order valence-electron chi connectivity index (χ0n) is 28.8. The van der Waals surface area contributed by atoms with Crippen molar-refractivity contribution in [1.29, 1.82) is 0 Å². The number of fused-ring (bicyclic) bond motifs is 9. The van der Waals surface area contributed by atoms with Crippen LogP contribution < -0.4 is 0 Å². The van der Waals surface area contributed by atoms with Crippen LogP contribution in [0, 0.1) is 0 Å². The molecule has 0 aliphatic heterocycles. The van der Waals surface area contributed by atoms with E-state index in [1.807, 2.05) is 45.3 Å². The Labute approximate surface area is 327 Å². The Hall–Kier alpha value is -5.62. The molecule has 0 saturated heterocycles. The second kappa shape index (κ2) is 11.9. The van der Waals surface area contributed by atoms with Crippen LogP contribution in [-0.4, -0.2) is 0 Å². The van der Waals surface area contributed by atoms with Crippen molar-refractivity contribution in [3.63, 3.8) is 0 Å². The molecule has 0 aliphatic carbocycles. The molecule has 54 heavy (non-hydrogen) atoms. The van der Waals surface area contributed by atoms with Crippen LogP contribution in [0.5, 0.6) is 0 Å². The maximum atomic E-state index is 2.39. The molecule has 0 N–H and O–H groups in total. The minimum atomic E-state index is 1.26. The summed E-state index contributed by atoms with van der Waals surface area (Å²) in [5.41, 5.74) is 7.63. The van der Waals surface area contributed by atoms with Crippen LogP contribution in [0.3, 0.4) is 0 Å². The first-order valence-corrected chi connectivity index (χ1v) is 21.4. The first-order valence-electron chi connectivity index (χ1n) is 18.1. The number of hydrogen-bond acceptors (Lipinski definition) is 4. The molecule has 0 bridgehead atoms. The lowest BCUT2D eigenvalue weighted by atomic mass is 9.99. The summed E-state index contributed by atoms with van der Waals surface area (Å²) in [7, 11) is 0. The molecule has 0 nitrogen and oxygen atoms in total. The minimum absolute atomic E-state index is 1.26. The maximum absolute atomic E-state index is 2.39. The molecule has 0 unspecified atom stereocenters. The fraction of sp³-hybridized carbons (Fsp3) is 0. The van der Waals surface area contributed by atoms with E-state index in [1.165, 1.54) is 114 Å². The molecule has 252 valence electrons. The average Bonchev–Trinajstić information content (AvgIpc) is 4.01. The lowest BCUT2D eigenvalue weighted by molar-refractivity contribution is 1.69. The Kier molecular flexibility index (Phi) is 6.81. The Balaban J connectivity index is 0.846. The van der Waals surface area contributed by atoms with Crippen LogP contribution >= 0.6 is 45.3 Å². The van der Waals surface area contributed by atoms with Crippen LogP contribution in [-0.2, 0) is 0 Å². The Bertz CT molecular complexity index is 3160. The van der Waals surface area contributed by atoms with Gasteiger partial charge in [0, 0.05) is 39.3 Å². The van der Waals surface area contributed by atoms with Crippen LogP contribution in [0.1, 0.15) is 0 Å². The van der Waals surface area contributed by atoms with Crippen molar-refractivity contribution in [2.24, 2.45) is 0 Å². The molecule has 12 aromatic rings. The lowest BCUT2D eigenvalue weighted by Crippen LogP contribution is -1.81. The fourth-order valence-electron chi connectivity index (χ4n) is 8.02. The highest BCUT2D eigenvalue weighted by atomic mass is 32.1. The van der Waals surface area contributed by atoms with Crippen molar-refractivity contribution < 1.29 is 0 Å². The highest BCUT2D eigenvalue weighted by Gasteiger charge is 2.15. The van der Waals surface area contributed by atoms with Gasteiger partial charge in [-0.2, -0.15) is 0 Å². The van der Waals surface area contributed by atoms with Crippen molar-refractivity contribution in [1.82, 2.24) is 0 Å². The molecule has 4 heterocycles. The lowest BCUT2D eigenvalue weighted by Gasteiger charge is -2.07. The number of thiophene rings is 4. The predicted molar refractivity (Wildman–Crippen MR) is 242 cm³/mol. The largest absolute Gasteiger partial charge is 0.135 e. The summed E-state index contributed by atoms with van der Waals surface area (Å²) in [6.07, 6.45) is 0. The van der Waals surface area contributed by atoms with E-state index in [-0.39, 0.29) is 0 Å². The summed E-state index contributed by atoms with van der Waals surface area (Å²) in [5.74, 6) is 0. The van der Waals surface area contributed by atoms with Crippen molar-refractivity contribution in [2.45, 2.75) is 0 Å². The van der Waals surface area contributed by atoms with Gasteiger partial charge in [0.25, 0.3) is 0 Å². The highest BCUT2D eigenvalue weighted by Crippen LogP contribution is 2.46. The van der Waals surface area contributed by atoms with Crippen LogP contribution in [0.4, 0.5) is 0 Å². The van der Waals surface area contributed by atoms with Gasteiger partial charge in [-0.25, -0.2) is 0 Å². The average molecular weight is 757 g/mol. The first kappa shape index (κ1) is 30.8. The van der Waals surface area contributed by atoms with Gasteiger partial charge >= 0.3 is 0 Å². The van der Waals surface area contributed by atoms with Gasteiger partial charge in [0.05, 0.1) is 9.40 Å². The van der Waals surface area contributed by atoms with E-state index >= 15 is 0 Å². The van der Waals surface area contributed by atoms with Crippen molar-refractivity contribution in [3.05, 3.63) is 170 Å². The Morgan fingerprint density at radius 3 is 1.06 bits per heavy atom. The van der Waals surface area contributed by atoms with Gasteiger partial charge in [-0.1, -0.05) is 109 Å². The molecule has 0 spiro atoms. The highest BCUT2D eigenvalue weighted by molar-refractivity contribution is 7.36. The molecule has 4 heteroatoms. The summed E-state index contributed by atoms with van der Waals surface area (Å²) in [5, 5.41) is 10.4. The fourth-order valence-corrected chi connectivity index (χ4v) is 12.9. The van der Waals surface area contributed by atoms with Gasteiger partial charge in [-0.15, -0.1) is 45.3 Å². The molecular formula is C50H28S4. The van der Waals surface area contributed by atoms with E-state index in [9.17, 15) is 0 Å². The number of hydrogen-bond donors (Lipinski definition) is 0. The number of rotatable bonds is 4. The summed E-state index contributed by atoms with van der Waals surface area (Å²) in [6, 6.07) is 63.5. The van der Waals surface area contributed by atoms with Crippen molar-refractivity contribution >= 4 is 117 Å². The second-order valence-corrected chi connectivity index (χ2v) is 18.4. The molecule has 12 rings (SSSR count). The summed E-state index contributed by atoms with van der Waals surface area (Å²) in [4.78, 5) is 2.64. The van der Waals surface area contributed by atoms with Crippen LogP contribution in [0.2, 0.25) is 0 Å². The SMILES string of the molecule is c1ccc2sc(-c3ccc4cc(-c5ccc6c(c5)sc5c7ccc(-c8ccc9cc(-c%10cc%11ccccc%11s%10)ccc9c8)cc7sc65)ccc4c3)cc2c1. The smallest absolute Gasteiger partial charge is 0.0542 e. The van der Waals surface area contributed by atoms with Crippen LogP contribution in [0.25, 0.3) is 114 Å². The molecule has 8 aromatic carbocycles. The third kappa shape index (κ3) is 4.99. The standard InChI is InChI=1S/C50H28S4/c1-3-7-43-37(5-1)27-45(51-43)39-15-13-29-21-31(9-11-33(29)23-39)35-17-19-41-47(25-35)53-50-42-20-18-36(26-48(42)54-49(41)50)32-10-12-34-24-40(16-14-30(34)22-32)46-28-38-6-2-4-8-44(38)52-46/h1-28H. The zero-order chi connectivity index (χ0) is 35.3. The topological polar surface area (TPSA) is 0 Å². The van der Waals surface area contributed by atoms with Gasteiger partial charge in [-0.05, 0) is 126 Å². The molecule has 4 aromatic heterocycles. The minimum Gasteiger partial charge on any atom is -0.135 e. The van der Waals surface area contributed by atoms with Gasteiger partial charge in [0.1, 0.15) is 0 Å².